The molecule has 2 heterocycles. The number of fused-ring (bicyclic) bond motifs is 1. The van der Waals surface area contributed by atoms with E-state index in [1.807, 2.05) is 30.3 Å². The zero-order chi connectivity index (χ0) is 17.9. The molecule has 7 heteroatoms. The SMILES string of the molecule is O=C(NCc1ccccc1-n1cncn1)c1cc2ccccc2oc1=O. The summed E-state index contributed by atoms with van der Waals surface area (Å²) >= 11 is 0. The van der Waals surface area contributed by atoms with E-state index in [2.05, 4.69) is 15.4 Å². The molecule has 0 aliphatic carbocycles. The summed E-state index contributed by atoms with van der Waals surface area (Å²) in [6.45, 7) is 0.237. The van der Waals surface area contributed by atoms with Crippen LogP contribution in [0, 0.1) is 0 Å². The smallest absolute Gasteiger partial charge is 0.349 e. The van der Waals surface area contributed by atoms with Crippen LogP contribution in [-0.2, 0) is 6.54 Å². The Morgan fingerprint density at radius 1 is 1.12 bits per heavy atom. The summed E-state index contributed by atoms with van der Waals surface area (Å²) < 4.78 is 6.83. The van der Waals surface area contributed by atoms with Crippen LogP contribution in [0.5, 0.6) is 0 Å². The Hall–Kier alpha value is -3.74. The maximum Gasteiger partial charge on any atom is 0.349 e. The molecule has 0 aliphatic rings. The van der Waals surface area contributed by atoms with Crippen molar-refractivity contribution < 1.29 is 9.21 Å². The van der Waals surface area contributed by atoms with E-state index >= 15 is 0 Å². The van der Waals surface area contributed by atoms with Gasteiger partial charge in [-0.3, -0.25) is 4.79 Å². The van der Waals surface area contributed by atoms with Gasteiger partial charge >= 0.3 is 5.63 Å². The van der Waals surface area contributed by atoms with Crippen LogP contribution in [0.4, 0.5) is 0 Å². The Morgan fingerprint density at radius 3 is 2.77 bits per heavy atom. The summed E-state index contributed by atoms with van der Waals surface area (Å²) in [5, 5.41) is 7.57. The molecule has 0 aliphatic heterocycles. The van der Waals surface area contributed by atoms with Crippen molar-refractivity contribution in [2.75, 3.05) is 0 Å². The minimum absolute atomic E-state index is 0.0260. The third kappa shape index (κ3) is 2.98. The Bertz CT molecular complexity index is 1130. The highest BCUT2D eigenvalue weighted by atomic mass is 16.4. The van der Waals surface area contributed by atoms with E-state index < -0.39 is 11.5 Å². The first-order valence-corrected chi connectivity index (χ1v) is 7.96. The highest BCUT2D eigenvalue weighted by Gasteiger charge is 2.14. The van der Waals surface area contributed by atoms with Crippen molar-refractivity contribution in [2.24, 2.45) is 0 Å². The van der Waals surface area contributed by atoms with Gasteiger partial charge in [-0.1, -0.05) is 36.4 Å². The minimum atomic E-state index is -0.661. The fraction of sp³-hybridized carbons (Fsp3) is 0.0526. The van der Waals surface area contributed by atoms with Crippen molar-refractivity contribution >= 4 is 16.9 Å². The normalized spacial score (nSPS) is 10.8. The second-order valence-corrected chi connectivity index (χ2v) is 5.64. The topological polar surface area (TPSA) is 90.0 Å². The molecule has 0 fully saturated rings. The molecule has 2 aromatic heterocycles. The van der Waals surface area contributed by atoms with Crippen molar-refractivity contribution in [1.82, 2.24) is 20.1 Å². The molecule has 0 spiro atoms. The Labute approximate surface area is 147 Å². The molecule has 0 atom stereocenters. The number of para-hydroxylation sites is 2. The first-order chi connectivity index (χ1) is 12.7. The first kappa shape index (κ1) is 15.8. The van der Waals surface area contributed by atoms with Crippen LogP contribution in [-0.4, -0.2) is 20.7 Å². The standard InChI is InChI=1S/C19H14N4O3/c24-18(15-9-13-5-2-4-8-17(13)26-19(15)25)21-10-14-6-1-3-7-16(14)23-12-20-11-22-23/h1-9,11-12H,10H2,(H,21,24). The van der Waals surface area contributed by atoms with Crippen LogP contribution in [0.15, 0.2) is 76.5 Å². The molecular weight excluding hydrogens is 332 g/mol. The van der Waals surface area contributed by atoms with Gasteiger partial charge in [-0.05, 0) is 23.8 Å². The monoisotopic (exact) mass is 346 g/mol. The fourth-order valence-electron chi connectivity index (χ4n) is 2.71. The molecule has 0 unspecified atom stereocenters. The summed E-state index contributed by atoms with van der Waals surface area (Å²) in [6, 6.07) is 16.1. The van der Waals surface area contributed by atoms with Crippen LogP contribution in [0.25, 0.3) is 16.7 Å². The van der Waals surface area contributed by atoms with Gasteiger partial charge in [0.05, 0.1) is 5.69 Å². The zero-order valence-corrected chi connectivity index (χ0v) is 13.6. The lowest BCUT2D eigenvalue weighted by atomic mass is 10.1. The molecule has 0 saturated carbocycles. The number of carbonyl (C=O) groups excluding carboxylic acids is 1. The van der Waals surface area contributed by atoms with Gasteiger partial charge in [0.2, 0.25) is 0 Å². The third-order valence-electron chi connectivity index (χ3n) is 3.98. The Kier molecular flexibility index (Phi) is 4.03. The number of benzene rings is 2. The summed E-state index contributed by atoms with van der Waals surface area (Å²) in [5.74, 6) is -0.488. The molecule has 2 aromatic carbocycles. The average Bonchev–Trinajstić information content (AvgIpc) is 3.20. The number of nitrogens with one attached hydrogen (secondary N) is 1. The number of aromatic nitrogens is 3. The summed E-state index contributed by atoms with van der Waals surface area (Å²) in [7, 11) is 0. The highest BCUT2D eigenvalue weighted by Crippen LogP contribution is 2.14. The largest absolute Gasteiger partial charge is 0.422 e. The van der Waals surface area contributed by atoms with Gasteiger partial charge in [0.15, 0.2) is 0 Å². The minimum Gasteiger partial charge on any atom is -0.422 e. The molecule has 0 bridgehead atoms. The second-order valence-electron chi connectivity index (χ2n) is 5.64. The van der Waals surface area contributed by atoms with Crippen molar-refractivity contribution in [3.8, 4) is 5.69 Å². The van der Waals surface area contributed by atoms with E-state index in [4.69, 9.17) is 4.42 Å². The van der Waals surface area contributed by atoms with Gasteiger partial charge < -0.3 is 9.73 Å². The molecule has 0 radical (unpaired) electrons. The van der Waals surface area contributed by atoms with Crippen molar-refractivity contribution in [3.05, 3.63) is 88.8 Å². The van der Waals surface area contributed by atoms with Crippen molar-refractivity contribution in [1.29, 1.82) is 0 Å². The number of hydrogen-bond donors (Lipinski definition) is 1. The molecule has 1 N–H and O–H groups in total. The summed E-state index contributed by atoms with van der Waals surface area (Å²) in [4.78, 5) is 28.5. The van der Waals surface area contributed by atoms with Crippen LogP contribution in [0.3, 0.4) is 0 Å². The van der Waals surface area contributed by atoms with Gasteiger partial charge in [-0.2, -0.15) is 5.10 Å². The number of carbonyl (C=O) groups is 1. The molecule has 128 valence electrons. The van der Waals surface area contributed by atoms with E-state index in [1.54, 1.807) is 35.3 Å². The predicted molar refractivity (Wildman–Crippen MR) is 95.0 cm³/mol. The van der Waals surface area contributed by atoms with Gasteiger partial charge in [0.25, 0.3) is 5.91 Å². The summed E-state index contributed by atoms with van der Waals surface area (Å²) in [6.07, 6.45) is 3.02. The van der Waals surface area contributed by atoms with Gasteiger partial charge in [-0.25, -0.2) is 14.5 Å². The summed E-state index contributed by atoms with van der Waals surface area (Å²) in [5.41, 5.74) is 1.41. The quantitative estimate of drug-likeness (QED) is 0.573. The lowest BCUT2D eigenvalue weighted by Crippen LogP contribution is -2.28. The van der Waals surface area contributed by atoms with E-state index in [9.17, 15) is 9.59 Å². The highest BCUT2D eigenvalue weighted by molar-refractivity contribution is 5.96. The molecule has 4 rings (SSSR count). The number of hydrogen-bond acceptors (Lipinski definition) is 5. The van der Waals surface area contributed by atoms with Gasteiger partial charge in [0, 0.05) is 11.9 Å². The van der Waals surface area contributed by atoms with E-state index in [1.165, 1.54) is 6.33 Å². The van der Waals surface area contributed by atoms with Gasteiger partial charge in [-0.15, -0.1) is 0 Å². The second kappa shape index (κ2) is 6.64. The lowest BCUT2D eigenvalue weighted by molar-refractivity contribution is 0.0947. The van der Waals surface area contributed by atoms with Crippen molar-refractivity contribution in [2.45, 2.75) is 6.54 Å². The lowest BCUT2D eigenvalue weighted by Gasteiger charge is -2.10. The van der Waals surface area contributed by atoms with Crippen LogP contribution in [0.2, 0.25) is 0 Å². The maximum atomic E-state index is 12.5. The molecule has 1 amide bonds. The Morgan fingerprint density at radius 2 is 1.92 bits per heavy atom. The number of rotatable bonds is 4. The molecule has 26 heavy (non-hydrogen) atoms. The maximum absolute atomic E-state index is 12.5. The van der Waals surface area contributed by atoms with Crippen LogP contribution < -0.4 is 10.9 Å². The van der Waals surface area contributed by atoms with Crippen LogP contribution >= 0.6 is 0 Å². The first-order valence-electron chi connectivity index (χ1n) is 7.96. The number of amides is 1. The third-order valence-corrected chi connectivity index (χ3v) is 3.98. The average molecular weight is 346 g/mol. The molecular formula is C19H14N4O3. The van der Waals surface area contributed by atoms with Crippen LogP contribution in [0.1, 0.15) is 15.9 Å². The molecule has 0 saturated heterocycles. The van der Waals surface area contributed by atoms with E-state index in [0.717, 1.165) is 11.3 Å². The van der Waals surface area contributed by atoms with E-state index in [-0.39, 0.29) is 12.1 Å². The van der Waals surface area contributed by atoms with Gasteiger partial charge in [0.1, 0.15) is 23.8 Å². The number of nitrogens with zero attached hydrogens (tertiary/aromatic N) is 3. The molecule has 7 nitrogen and oxygen atoms in total. The zero-order valence-electron chi connectivity index (χ0n) is 13.6. The van der Waals surface area contributed by atoms with E-state index in [0.29, 0.717) is 11.0 Å². The fourth-order valence-corrected chi connectivity index (χ4v) is 2.71. The Balaban J connectivity index is 1.59. The predicted octanol–water partition coefficient (Wildman–Crippen LogP) is 2.30. The van der Waals surface area contributed by atoms with Crippen molar-refractivity contribution in [3.63, 3.8) is 0 Å². The molecule has 4 aromatic rings.